The SMILES string of the molecule is CC(C)C[C@H](NC(=O)CCC(=O)O)C(=O)N[C@@H](CCC(=O)O)C(=O)N1CCC[C@H]1C(=O)N[C@@H](Cc1ccccc1)C(=O)Nc1ccc([N+](=O)[O-])cc1. The maximum atomic E-state index is 13.9. The van der Waals surface area contributed by atoms with Crippen LogP contribution in [0.15, 0.2) is 54.6 Å². The molecule has 2 aromatic carbocycles. The summed E-state index contributed by atoms with van der Waals surface area (Å²) in [5.41, 5.74) is 0.798. The Balaban J connectivity index is 1.80. The standard InChI is InChI=1S/C35H44N6O11/c1-21(2)19-26(37-29(42)15-17-31(45)46)33(48)38-25(14-16-30(43)44)35(50)40-18-6-9-28(40)34(49)39-27(20-22-7-4-3-5-8-22)32(47)36-23-10-12-24(13-11-23)41(51)52/h3-5,7-8,10-13,21,25-28H,6,9,14-20H2,1-2H3,(H,36,47)(H,37,42)(H,38,48)(H,39,49)(H,43,44)(H,45,46)/t25-,26-,27-,28-/m0/s1. The fourth-order valence-electron chi connectivity index (χ4n) is 5.71. The van der Waals surface area contributed by atoms with E-state index in [2.05, 4.69) is 21.3 Å². The Morgan fingerprint density at radius 3 is 2.08 bits per heavy atom. The van der Waals surface area contributed by atoms with E-state index < -0.39 is 83.4 Å². The number of amides is 5. The highest BCUT2D eigenvalue weighted by Gasteiger charge is 2.39. The average molecular weight is 725 g/mol. The summed E-state index contributed by atoms with van der Waals surface area (Å²) in [4.78, 5) is 101. The van der Waals surface area contributed by atoms with E-state index in [4.69, 9.17) is 5.11 Å². The number of nitro benzene ring substituents is 1. The fraction of sp³-hybridized carbons (Fsp3) is 0.457. The molecule has 0 spiro atoms. The first kappa shape index (κ1) is 40.6. The molecule has 1 aliphatic heterocycles. The Hall–Kier alpha value is -5.87. The molecule has 0 aromatic heterocycles. The summed E-state index contributed by atoms with van der Waals surface area (Å²) in [7, 11) is 0. The van der Waals surface area contributed by atoms with E-state index in [1.165, 1.54) is 29.2 Å². The first-order valence-corrected chi connectivity index (χ1v) is 16.9. The van der Waals surface area contributed by atoms with Gasteiger partial charge in [-0.2, -0.15) is 0 Å². The number of aliphatic carboxylic acids is 2. The van der Waals surface area contributed by atoms with Crippen LogP contribution in [0.2, 0.25) is 0 Å². The summed E-state index contributed by atoms with van der Waals surface area (Å²) in [6.45, 7) is 3.69. The Morgan fingerprint density at radius 1 is 0.827 bits per heavy atom. The van der Waals surface area contributed by atoms with Gasteiger partial charge in [0.1, 0.15) is 24.2 Å². The Morgan fingerprint density at radius 2 is 1.48 bits per heavy atom. The van der Waals surface area contributed by atoms with Crippen molar-refractivity contribution in [2.24, 2.45) is 5.92 Å². The lowest BCUT2D eigenvalue weighted by Gasteiger charge is -2.30. The number of nitrogens with one attached hydrogen (secondary N) is 4. The van der Waals surface area contributed by atoms with Gasteiger partial charge < -0.3 is 36.4 Å². The molecule has 1 fully saturated rings. The number of carboxylic acid groups (broad SMARTS) is 2. The molecule has 4 atom stereocenters. The highest BCUT2D eigenvalue weighted by molar-refractivity contribution is 5.99. The van der Waals surface area contributed by atoms with Gasteiger partial charge in [-0.15, -0.1) is 0 Å². The van der Waals surface area contributed by atoms with Crippen LogP contribution in [0.3, 0.4) is 0 Å². The fourth-order valence-corrected chi connectivity index (χ4v) is 5.71. The molecular formula is C35H44N6O11. The number of benzene rings is 2. The number of anilines is 1. The first-order valence-electron chi connectivity index (χ1n) is 16.9. The number of carbonyl (C=O) groups excluding carboxylic acids is 5. The molecule has 0 radical (unpaired) electrons. The lowest BCUT2D eigenvalue weighted by molar-refractivity contribution is -0.384. The highest BCUT2D eigenvalue weighted by atomic mass is 16.6. The lowest BCUT2D eigenvalue weighted by atomic mass is 10.0. The molecule has 0 bridgehead atoms. The molecule has 17 nitrogen and oxygen atoms in total. The summed E-state index contributed by atoms with van der Waals surface area (Å²) in [6.07, 6.45) is -0.816. The molecule has 52 heavy (non-hydrogen) atoms. The van der Waals surface area contributed by atoms with Crippen LogP contribution in [0.4, 0.5) is 11.4 Å². The molecule has 1 aliphatic rings. The molecule has 0 saturated carbocycles. The number of rotatable bonds is 19. The minimum Gasteiger partial charge on any atom is -0.481 e. The molecule has 6 N–H and O–H groups in total. The molecular weight excluding hydrogens is 680 g/mol. The van der Waals surface area contributed by atoms with Crippen molar-refractivity contribution >= 4 is 52.8 Å². The van der Waals surface area contributed by atoms with Crippen molar-refractivity contribution < 1.29 is 48.7 Å². The van der Waals surface area contributed by atoms with Crippen LogP contribution in [0.1, 0.15) is 64.4 Å². The third-order valence-electron chi connectivity index (χ3n) is 8.29. The van der Waals surface area contributed by atoms with Crippen molar-refractivity contribution in [1.29, 1.82) is 0 Å². The smallest absolute Gasteiger partial charge is 0.303 e. The van der Waals surface area contributed by atoms with Crippen LogP contribution < -0.4 is 21.3 Å². The minimum absolute atomic E-state index is 0.0682. The predicted molar refractivity (Wildman–Crippen MR) is 186 cm³/mol. The van der Waals surface area contributed by atoms with E-state index in [-0.39, 0.29) is 55.9 Å². The van der Waals surface area contributed by atoms with Crippen LogP contribution in [-0.2, 0) is 40.0 Å². The van der Waals surface area contributed by atoms with Crippen molar-refractivity contribution in [3.05, 3.63) is 70.3 Å². The molecule has 0 unspecified atom stereocenters. The van der Waals surface area contributed by atoms with Gasteiger partial charge in [0, 0.05) is 43.6 Å². The Labute approximate surface area is 299 Å². The first-order chi connectivity index (χ1) is 24.6. The minimum atomic E-state index is -1.38. The Kier molecular flexibility index (Phi) is 15.2. The number of hydrogen-bond donors (Lipinski definition) is 6. The lowest BCUT2D eigenvalue weighted by Crippen LogP contribution is -2.58. The maximum absolute atomic E-state index is 13.9. The second-order valence-electron chi connectivity index (χ2n) is 12.9. The highest BCUT2D eigenvalue weighted by Crippen LogP contribution is 2.21. The van der Waals surface area contributed by atoms with Crippen LogP contribution >= 0.6 is 0 Å². The second-order valence-corrected chi connectivity index (χ2v) is 12.9. The van der Waals surface area contributed by atoms with Crippen molar-refractivity contribution in [3.63, 3.8) is 0 Å². The van der Waals surface area contributed by atoms with Crippen LogP contribution in [0, 0.1) is 16.0 Å². The van der Waals surface area contributed by atoms with Crippen molar-refractivity contribution in [3.8, 4) is 0 Å². The zero-order valence-corrected chi connectivity index (χ0v) is 28.9. The number of nitrogens with zero attached hydrogens (tertiary/aromatic N) is 2. The molecule has 0 aliphatic carbocycles. The number of carbonyl (C=O) groups is 7. The summed E-state index contributed by atoms with van der Waals surface area (Å²) in [6, 6.07) is 9.27. The zero-order chi connectivity index (χ0) is 38.4. The number of nitro groups is 1. The van der Waals surface area contributed by atoms with E-state index in [0.717, 1.165) is 0 Å². The van der Waals surface area contributed by atoms with Gasteiger partial charge in [-0.25, -0.2) is 0 Å². The number of carboxylic acids is 2. The molecule has 280 valence electrons. The van der Waals surface area contributed by atoms with Crippen LogP contribution in [-0.4, -0.2) is 92.2 Å². The van der Waals surface area contributed by atoms with E-state index in [1.807, 2.05) is 0 Å². The molecule has 3 rings (SSSR count). The monoisotopic (exact) mass is 724 g/mol. The molecule has 1 saturated heterocycles. The topological polar surface area (TPSA) is 254 Å². The summed E-state index contributed by atoms with van der Waals surface area (Å²) < 4.78 is 0. The van der Waals surface area contributed by atoms with Gasteiger partial charge in [0.25, 0.3) is 5.69 Å². The second kappa shape index (κ2) is 19.5. The largest absolute Gasteiger partial charge is 0.481 e. The molecule has 17 heteroatoms. The maximum Gasteiger partial charge on any atom is 0.303 e. The zero-order valence-electron chi connectivity index (χ0n) is 28.9. The summed E-state index contributed by atoms with van der Waals surface area (Å²) in [5, 5.41) is 39.8. The number of non-ortho nitro benzene ring substituents is 1. The summed E-state index contributed by atoms with van der Waals surface area (Å²) in [5.74, 6) is -5.97. The van der Waals surface area contributed by atoms with Gasteiger partial charge in [-0.1, -0.05) is 44.2 Å². The normalized spacial score (nSPS) is 15.5. The van der Waals surface area contributed by atoms with Crippen molar-refractivity contribution in [2.75, 3.05) is 11.9 Å². The third kappa shape index (κ3) is 12.8. The number of hydrogen-bond acceptors (Lipinski definition) is 9. The van der Waals surface area contributed by atoms with Crippen molar-refractivity contribution in [1.82, 2.24) is 20.9 Å². The van der Waals surface area contributed by atoms with E-state index >= 15 is 0 Å². The van der Waals surface area contributed by atoms with Gasteiger partial charge in [-0.3, -0.25) is 43.7 Å². The van der Waals surface area contributed by atoms with E-state index in [0.29, 0.717) is 12.0 Å². The van der Waals surface area contributed by atoms with E-state index in [1.54, 1.807) is 44.2 Å². The van der Waals surface area contributed by atoms with Gasteiger partial charge in [0.2, 0.25) is 29.5 Å². The van der Waals surface area contributed by atoms with Gasteiger partial charge >= 0.3 is 11.9 Å². The third-order valence-corrected chi connectivity index (χ3v) is 8.29. The molecule has 1 heterocycles. The molecule has 5 amide bonds. The summed E-state index contributed by atoms with van der Waals surface area (Å²) >= 11 is 0. The van der Waals surface area contributed by atoms with Gasteiger partial charge in [0.15, 0.2) is 0 Å². The van der Waals surface area contributed by atoms with Crippen molar-refractivity contribution in [2.45, 2.75) is 89.4 Å². The van der Waals surface area contributed by atoms with Crippen LogP contribution in [0.5, 0.6) is 0 Å². The average Bonchev–Trinajstić information content (AvgIpc) is 3.59. The number of likely N-dealkylation sites (tertiary alicyclic amines) is 1. The predicted octanol–water partition coefficient (Wildman–Crippen LogP) is 2.00. The van der Waals surface area contributed by atoms with E-state index in [9.17, 15) is 48.8 Å². The van der Waals surface area contributed by atoms with Crippen LogP contribution in [0.25, 0.3) is 0 Å². The van der Waals surface area contributed by atoms with Gasteiger partial charge in [-0.05, 0) is 49.3 Å². The van der Waals surface area contributed by atoms with Gasteiger partial charge in [0.05, 0.1) is 11.3 Å². The molecule has 2 aromatic rings. The Bertz CT molecular complexity index is 1620. The quantitative estimate of drug-likeness (QED) is 0.0902.